The topological polar surface area (TPSA) is 102 Å². The molecule has 0 saturated carbocycles. The molecule has 0 amide bonds. The summed E-state index contributed by atoms with van der Waals surface area (Å²) in [5.41, 5.74) is 3.62. The third kappa shape index (κ3) is 3.02. The predicted molar refractivity (Wildman–Crippen MR) is 101 cm³/mol. The summed E-state index contributed by atoms with van der Waals surface area (Å²) < 4.78 is 17.1. The van der Waals surface area contributed by atoms with Crippen LogP contribution in [0, 0.1) is 0 Å². The summed E-state index contributed by atoms with van der Waals surface area (Å²) >= 11 is 6.43. The minimum Gasteiger partial charge on any atom is -0.456 e. The highest BCUT2D eigenvalue weighted by Gasteiger charge is 2.48. The van der Waals surface area contributed by atoms with Crippen molar-refractivity contribution in [3.05, 3.63) is 35.1 Å². The fourth-order valence-corrected chi connectivity index (χ4v) is 3.88. The zero-order chi connectivity index (χ0) is 19.3. The molecule has 0 aromatic carbocycles. The Morgan fingerprint density at radius 2 is 2.11 bits per heavy atom. The highest BCUT2D eigenvalue weighted by molar-refractivity contribution is 6.33. The third-order valence-corrected chi connectivity index (χ3v) is 5.40. The number of rotatable bonds is 4. The molecular weight excluding hydrogens is 384 g/mol. The van der Waals surface area contributed by atoms with Crippen LogP contribution < -0.4 is 4.74 Å². The Hall–Kier alpha value is -2.26. The minimum absolute atomic E-state index is 0.251. The molecule has 4 atom stereocenters. The second-order valence-electron chi connectivity index (χ2n) is 6.94. The SMILES string of the molecule is CCc1ccc(-c2nc3nc(O[C@@H]4CO[C@H]5[C@@H]4OC[C@H]5O)[nH]c3cc2Cl)cn1. The predicted octanol–water partition coefficient (Wildman–Crippen LogP) is 2.14. The van der Waals surface area contributed by atoms with Crippen LogP contribution in [0.5, 0.6) is 6.01 Å². The molecule has 146 valence electrons. The Morgan fingerprint density at radius 1 is 1.25 bits per heavy atom. The van der Waals surface area contributed by atoms with Crippen LogP contribution in [0.2, 0.25) is 5.02 Å². The Labute approximate surface area is 165 Å². The summed E-state index contributed by atoms with van der Waals surface area (Å²) in [7, 11) is 0. The van der Waals surface area contributed by atoms with Gasteiger partial charge < -0.3 is 24.3 Å². The fourth-order valence-electron chi connectivity index (χ4n) is 3.62. The summed E-state index contributed by atoms with van der Waals surface area (Å²) in [4.78, 5) is 16.5. The highest BCUT2D eigenvalue weighted by atomic mass is 35.5. The number of imidazole rings is 1. The first kappa shape index (κ1) is 17.8. The van der Waals surface area contributed by atoms with Crippen molar-refractivity contribution in [2.24, 2.45) is 0 Å². The lowest BCUT2D eigenvalue weighted by atomic mass is 10.1. The van der Waals surface area contributed by atoms with Crippen molar-refractivity contribution in [1.82, 2.24) is 19.9 Å². The zero-order valence-electron chi connectivity index (χ0n) is 15.1. The van der Waals surface area contributed by atoms with Crippen LogP contribution in [0.1, 0.15) is 12.6 Å². The molecule has 5 heterocycles. The van der Waals surface area contributed by atoms with Gasteiger partial charge in [-0.05, 0) is 24.6 Å². The quantitative estimate of drug-likeness (QED) is 0.689. The molecule has 8 nitrogen and oxygen atoms in total. The molecule has 0 bridgehead atoms. The number of hydrogen-bond donors (Lipinski definition) is 2. The van der Waals surface area contributed by atoms with Crippen LogP contribution in [0.25, 0.3) is 22.4 Å². The molecule has 2 fully saturated rings. The van der Waals surface area contributed by atoms with Gasteiger partial charge in [0.05, 0.1) is 29.4 Å². The summed E-state index contributed by atoms with van der Waals surface area (Å²) in [6, 6.07) is 6.00. The monoisotopic (exact) mass is 402 g/mol. The molecule has 28 heavy (non-hydrogen) atoms. The van der Waals surface area contributed by atoms with Crippen molar-refractivity contribution in [1.29, 1.82) is 0 Å². The van der Waals surface area contributed by atoms with Gasteiger partial charge in [-0.3, -0.25) is 4.98 Å². The lowest BCUT2D eigenvalue weighted by Gasteiger charge is -2.15. The van der Waals surface area contributed by atoms with Crippen molar-refractivity contribution in [3.63, 3.8) is 0 Å². The molecule has 3 aromatic heterocycles. The van der Waals surface area contributed by atoms with Crippen molar-refractivity contribution in [2.75, 3.05) is 13.2 Å². The van der Waals surface area contributed by atoms with Gasteiger partial charge in [0.2, 0.25) is 0 Å². The van der Waals surface area contributed by atoms with Crippen molar-refractivity contribution < 1.29 is 19.3 Å². The van der Waals surface area contributed by atoms with Crippen LogP contribution in [0.15, 0.2) is 24.4 Å². The molecule has 0 spiro atoms. The van der Waals surface area contributed by atoms with E-state index in [4.69, 9.17) is 25.8 Å². The van der Waals surface area contributed by atoms with Crippen LogP contribution in [0.4, 0.5) is 0 Å². The van der Waals surface area contributed by atoms with Crippen LogP contribution in [0.3, 0.4) is 0 Å². The molecule has 5 rings (SSSR count). The van der Waals surface area contributed by atoms with E-state index in [2.05, 4.69) is 26.9 Å². The Kier molecular flexibility index (Phi) is 4.43. The number of halogens is 1. The van der Waals surface area contributed by atoms with Gasteiger partial charge in [-0.2, -0.15) is 4.98 Å². The van der Waals surface area contributed by atoms with Crippen LogP contribution in [-0.2, 0) is 15.9 Å². The molecule has 2 aliphatic heterocycles. The van der Waals surface area contributed by atoms with E-state index in [-0.39, 0.29) is 24.9 Å². The zero-order valence-corrected chi connectivity index (χ0v) is 15.9. The van der Waals surface area contributed by atoms with Crippen molar-refractivity contribution in [3.8, 4) is 17.3 Å². The number of aliphatic hydroxyl groups excluding tert-OH is 1. The molecule has 3 aromatic rings. The number of aliphatic hydroxyl groups is 1. The maximum atomic E-state index is 9.84. The van der Waals surface area contributed by atoms with E-state index in [9.17, 15) is 5.11 Å². The first-order valence-electron chi connectivity index (χ1n) is 9.22. The van der Waals surface area contributed by atoms with E-state index >= 15 is 0 Å². The number of aryl methyl sites for hydroxylation is 1. The normalized spacial score (nSPS) is 26.7. The van der Waals surface area contributed by atoms with Gasteiger partial charge in [0, 0.05) is 17.5 Å². The average Bonchev–Trinajstić information content (AvgIpc) is 3.38. The van der Waals surface area contributed by atoms with Gasteiger partial charge in [0.15, 0.2) is 11.8 Å². The fraction of sp³-hybridized carbons (Fsp3) is 0.421. The van der Waals surface area contributed by atoms with Crippen LogP contribution >= 0.6 is 11.6 Å². The summed E-state index contributed by atoms with van der Waals surface area (Å²) in [6.45, 7) is 2.64. The number of fused-ring (bicyclic) bond motifs is 2. The maximum Gasteiger partial charge on any atom is 0.296 e. The third-order valence-electron chi connectivity index (χ3n) is 5.11. The molecule has 2 saturated heterocycles. The summed E-state index contributed by atoms with van der Waals surface area (Å²) in [5.74, 6) is 0. The van der Waals surface area contributed by atoms with Gasteiger partial charge in [0.1, 0.15) is 18.3 Å². The highest BCUT2D eigenvalue weighted by Crippen LogP contribution is 2.32. The summed E-state index contributed by atoms with van der Waals surface area (Å²) in [6.07, 6.45) is 1.01. The Bertz CT molecular complexity index is 1010. The number of H-pyrrole nitrogens is 1. The molecule has 0 unspecified atom stereocenters. The van der Waals surface area contributed by atoms with E-state index in [1.807, 2.05) is 12.1 Å². The Balaban J connectivity index is 1.41. The lowest BCUT2D eigenvalue weighted by Crippen LogP contribution is -2.34. The number of ether oxygens (including phenoxy) is 3. The smallest absolute Gasteiger partial charge is 0.296 e. The van der Waals surface area contributed by atoms with Gasteiger partial charge in [-0.25, -0.2) is 4.98 Å². The number of aromatic amines is 1. The largest absolute Gasteiger partial charge is 0.456 e. The van der Waals surface area contributed by atoms with Gasteiger partial charge in [-0.1, -0.05) is 18.5 Å². The number of aromatic nitrogens is 4. The number of nitrogens with one attached hydrogen (secondary N) is 1. The van der Waals surface area contributed by atoms with E-state index in [1.165, 1.54) is 0 Å². The molecular formula is C19H19ClN4O4. The second kappa shape index (κ2) is 6.97. The van der Waals surface area contributed by atoms with E-state index in [0.717, 1.165) is 17.7 Å². The summed E-state index contributed by atoms with van der Waals surface area (Å²) in [5, 5.41) is 10.3. The molecule has 0 aliphatic carbocycles. The Morgan fingerprint density at radius 3 is 2.89 bits per heavy atom. The first-order chi connectivity index (χ1) is 13.6. The lowest BCUT2D eigenvalue weighted by molar-refractivity contribution is 0.00706. The van der Waals surface area contributed by atoms with Gasteiger partial charge >= 0.3 is 0 Å². The first-order valence-corrected chi connectivity index (χ1v) is 9.59. The van der Waals surface area contributed by atoms with Gasteiger partial charge in [-0.15, -0.1) is 0 Å². The number of hydrogen-bond acceptors (Lipinski definition) is 7. The number of nitrogens with zero attached hydrogens (tertiary/aromatic N) is 3. The number of pyridine rings is 2. The molecule has 2 aliphatic rings. The average molecular weight is 403 g/mol. The van der Waals surface area contributed by atoms with E-state index < -0.39 is 6.10 Å². The maximum absolute atomic E-state index is 9.84. The second-order valence-corrected chi connectivity index (χ2v) is 7.35. The standard InChI is InChI=1S/C19H19ClN4O4/c1-2-10-4-3-9(6-21-10)15-11(20)5-12-18(23-15)24-19(22-12)28-14-8-27-16-13(25)7-26-17(14)16/h3-6,13-14,16-17,25H,2,7-8H2,1H3,(H,22,23,24)/t13-,14-,16-,17-/m1/s1. The van der Waals surface area contributed by atoms with Gasteiger partial charge in [0.25, 0.3) is 6.01 Å². The van der Waals surface area contributed by atoms with E-state index in [1.54, 1.807) is 12.3 Å². The molecule has 9 heteroatoms. The van der Waals surface area contributed by atoms with Crippen molar-refractivity contribution in [2.45, 2.75) is 37.8 Å². The van der Waals surface area contributed by atoms with Crippen molar-refractivity contribution >= 4 is 22.8 Å². The molecule has 0 radical (unpaired) electrons. The minimum atomic E-state index is -0.620. The molecule has 2 N–H and O–H groups in total. The van der Waals surface area contributed by atoms with E-state index in [0.29, 0.717) is 34.5 Å². The van der Waals surface area contributed by atoms with Crippen LogP contribution in [-0.4, -0.2) is 62.7 Å².